The normalized spacial score (nSPS) is 16.6. The van der Waals surface area contributed by atoms with Crippen molar-refractivity contribution < 1.29 is 22.7 Å². The van der Waals surface area contributed by atoms with E-state index in [1.54, 1.807) is 0 Å². The summed E-state index contributed by atoms with van der Waals surface area (Å²) < 4.78 is 37.1. The molecule has 1 N–H and O–H groups in total. The van der Waals surface area contributed by atoms with Crippen molar-refractivity contribution in [1.29, 1.82) is 0 Å². The van der Waals surface area contributed by atoms with Gasteiger partial charge in [-0.2, -0.15) is 0 Å². The van der Waals surface area contributed by atoms with Gasteiger partial charge < -0.3 is 9.47 Å². The van der Waals surface area contributed by atoms with Crippen LogP contribution < -0.4 is 4.72 Å². The Kier molecular flexibility index (Phi) is 6.18. The van der Waals surface area contributed by atoms with E-state index in [9.17, 15) is 13.2 Å². The monoisotopic (exact) mass is 368 g/mol. The first-order chi connectivity index (χ1) is 10.4. The largest absolute Gasteiger partial charge is 0.465 e. The minimum absolute atomic E-state index is 0.0219. The van der Waals surface area contributed by atoms with Crippen molar-refractivity contribution in [3.8, 4) is 0 Å². The number of esters is 1. The Hall–Kier alpha value is -0.710. The van der Waals surface area contributed by atoms with Crippen LogP contribution in [0.2, 0.25) is 4.34 Å². The average molecular weight is 369 g/mol. The number of nitrogens with zero attached hydrogens (tertiary/aromatic N) is 1. The number of hydrogen-bond donors (Lipinski definition) is 1. The van der Waals surface area contributed by atoms with Crippen molar-refractivity contribution >= 4 is 38.9 Å². The first kappa shape index (κ1) is 17.6. The van der Waals surface area contributed by atoms with E-state index in [4.69, 9.17) is 16.3 Å². The standard InChI is InChI=1S/C12H17ClN2O5S2/c1-19-12(16)11-9(8-10(13)21-11)22(17,18)14-2-3-15-4-6-20-7-5-15/h8,14H,2-7H2,1H3. The van der Waals surface area contributed by atoms with Gasteiger partial charge in [-0.1, -0.05) is 11.6 Å². The molecule has 1 aliphatic rings. The van der Waals surface area contributed by atoms with Crippen molar-refractivity contribution in [3.63, 3.8) is 0 Å². The third-order valence-corrected chi connectivity index (χ3v) is 6.01. The van der Waals surface area contributed by atoms with E-state index in [-0.39, 0.29) is 20.7 Å². The summed E-state index contributed by atoms with van der Waals surface area (Å²) in [4.78, 5) is 13.6. The van der Waals surface area contributed by atoms with Gasteiger partial charge in [0.05, 0.1) is 24.7 Å². The number of sulfonamides is 1. The van der Waals surface area contributed by atoms with Gasteiger partial charge in [0.2, 0.25) is 10.0 Å². The minimum Gasteiger partial charge on any atom is -0.465 e. The van der Waals surface area contributed by atoms with Crippen molar-refractivity contribution in [1.82, 2.24) is 9.62 Å². The van der Waals surface area contributed by atoms with E-state index in [1.807, 2.05) is 0 Å². The molecule has 2 rings (SSSR count). The van der Waals surface area contributed by atoms with Crippen molar-refractivity contribution in [2.45, 2.75) is 4.90 Å². The second-order valence-electron chi connectivity index (χ2n) is 4.59. The highest BCUT2D eigenvalue weighted by atomic mass is 35.5. The Balaban J connectivity index is 2.02. The summed E-state index contributed by atoms with van der Waals surface area (Å²) in [5.74, 6) is -0.717. The number of carbonyl (C=O) groups excluding carboxylic acids is 1. The highest BCUT2D eigenvalue weighted by molar-refractivity contribution is 7.89. The van der Waals surface area contributed by atoms with Crippen LogP contribution in [-0.4, -0.2) is 65.8 Å². The van der Waals surface area contributed by atoms with Crippen LogP contribution in [0.1, 0.15) is 9.67 Å². The zero-order valence-electron chi connectivity index (χ0n) is 12.0. The molecule has 124 valence electrons. The number of halogens is 1. The molecule has 1 saturated heterocycles. The van der Waals surface area contributed by atoms with Crippen molar-refractivity contribution in [2.24, 2.45) is 0 Å². The van der Waals surface area contributed by atoms with Crippen LogP contribution in [0.3, 0.4) is 0 Å². The lowest BCUT2D eigenvalue weighted by molar-refractivity contribution is 0.0390. The molecule has 2 heterocycles. The van der Waals surface area contributed by atoms with E-state index in [1.165, 1.54) is 13.2 Å². The fraction of sp³-hybridized carbons (Fsp3) is 0.583. The summed E-state index contributed by atoms with van der Waals surface area (Å²) in [6.07, 6.45) is 0. The lowest BCUT2D eigenvalue weighted by Crippen LogP contribution is -2.41. The van der Waals surface area contributed by atoms with E-state index in [2.05, 4.69) is 14.4 Å². The molecule has 0 saturated carbocycles. The Morgan fingerprint density at radius 3 is 2.82 bits per heavy atom. The zero-order valence-corrected chi connectivity index (χ0v) is 14.4. The Bertz CT molecular complexity index is 625. The molecule has 0 aromatic carbocycles. The van der Waals surface area contributed by atoms with E-state index in [0.29, 0.717) is 19.8 Å². The molecule has 22 heavy (non-hydrogen) atoms. The molecule has 0 radical (unpaired) electrons. The minimum atomic E-state index is -3.81. The number of thiophene rings is 1. The zero-order chi connectivity index (χ0) is 16.2. The van der Waals surface area contributed by atoms with E-state index in [0.717, 1.165) is 24.4 Å². The van der Waals surface area contributed by atoms with Gasteiger partial charge >= 0.3 is 5.97 Å². The molecule has 0 aliphatic carbocycles. The second kappa shape index (κ2) is 7.71. The van der Waals surface area contributed by atoms with Gasteiger partial charge in [-0.15, -0.1) is 11.3 Å². The van der Waals surface area contributed by atoms with Crippen LogP contribution in [0.25, 0.3) is 0 Å². The number of nitrogens with one attached hydrogen (secondary N) is 1. The number of hydrogen-bond acceptors (Lipinski definition) is 7. The molecule has 10 heteroatoms. The summed E-state index contributed by atoms with van der Waals surface area (Å²) in [5, 5.41) is 0. The fourth-order valence-electron chi connectivity index (χ4n) is 2.02. The van der Waals surface area contributed by atoms with Gasteiger partial charge in [-0.05, 0) is 6.07 Å². The van der Waals surface area contributed by atoms with Gasteiger partial charge in [-0.3, -0.25) is 4.90 Å². The number of ether oxygens (including phenoxy) is 2. The fourth-order valence-corrected chi connectivity index (χ4v) is 4.77. The first-order valence-corrected chi connectivity index (χ1v) is 9.29. The Morgan fingerprint density at radius 2 is 2.18 bits per heavy atom. The molecule has 0 bridgehead atoms. The lowest BCUT2D eigenvalue weighted by atomic mass is 10.4. The molecule has 1 aliphatic heterocycles. The summed E-state index contributed by atoms with van der Waals surface area (Å²) >= 11 is 6.71. The quantitative estimate of drug-likeness (QED) is 0.747. The molecule has 1 fully saturated rings. The summed E-state index contributed by atoms with van der Waals surface area (Å²) in [6, 6.07) is 1.26. The van der Waals surface area contributed by atoms with Gasteiger partial charge in [0.1, 0.15) is 9.77 Å². The molecular weight excluding hydrogens is 352 g/mol. The summed E-state index contributed by atoms with van der Waals surface area (Å²) in [6.45, 7) is 3.68. The topological polar surface area (TPSA) is 84.9 Å². The maximum absolute atomic E-state index is 12.3. The van der Waals surface area contributed by atoms with Crippen molar-refractivity contribution in [3.05, 3.63) is 15.3 Å². The lowest BCUT2D eigenvalue weighted by Gasteiger charge is -2.26. The van der Waals surface area contributed by atoms with Crippen LogP contribution in [0.15, 0.2) is 11.0 Å². The highest BCUT2D eigenvalue weighted by Gasteiger charge is 2.26. The third-order valence-electron chi connectivity index (χ3n) is 3.15. The molecule has 0 spiro atoms. The van der Waals surface area contributed by atoms with Gasteiger partial charge in [0, 0.05) is 26.2 Å². The second-order valence-corrected chi connectivity index (χ2v) is 8.01. The predicted octanol–water partition coefficient (Wildman–Crippen LogP) is 0.799. The molecule has 0 amide bonds. The number of rotatable bonds is 6. The highest BCUT2D eigenvalue weighted by Crippen LogP contribution is 2.30. The number of methoxy groups -OCH3 is 1. The molecule has 1 aromatic rings. The average Bonchev–Trinajstić information content (AvgIpc) is 2.90. The first-order valence-electron chi connectivity index (χ1n) is 6.61. The Morgan fingerprint density at radius 1 is 1.50 bits per heavy atom. The third kappa shape index (κ3) is 4.40. The SMILES string of the molecule is COC(=O)c1sc(Cl)cc1S(=O)(=O)NCCN1CCOCC1. The summed E-state index contributed by atoms with van der Waals surface area (Å²) in [5.41, 5.74) is 0. The predicted molar refractivity (Wildman–Crippen MR) is 83.1 cm³/mol. The summed E-state index contributed by atoms with van der Waals surface area (Å²) in [7, 11) is -2.62. The van der Waals surface area contributed by atoms with Crippen LogP contribution >= 0.6 is 22.9 Å². The molecule has 0 atom stereocenters. The maximum Gasteiger partial charge on any atom is 0.349 e. The molecule has 1 aromatic heterocycles. The number of morpholine rings is 1. The molecule has 0 unspecified atom stereocenters. The van der Waals surface area contributed by atoms with Gasteiger partial charge in [0.25, 0.3) is 0 Å². The number of carbonyl (C=O) groups is 1. The van der Waals surface area contributed by atoms with E-state index < -0.39 is 16.0 Å². The smallest absolute Gasteiger partial charge is 0.349 e. The van der Waals surface area contributed by atoms with Crippen molar-refractivity contribution in [2.75, 3.05) is 46.5 Å². The van der Waals surface area contributed by atoms with E-state index >= 15 is 0 Å². The molecular formula is C12H17ClN2O5S2. The molecule has 7 nitrogen and oxygen atoms in total. The van der Waals surface area contributed by atoms with Gasteiger partial charge in [0.15, 0.2) is 0 Å². The van der Waals surface area contributed by atoms with Crippen LogP contribution in [0.5, 0.6) is 0 Å². The Labute approximate surface area is 138 Å². The maximum atomic E-state index is 12.3. The van der Waals surface area contributed by atoms with Gasteiger partial charge in [-0.25, -0.2) is 17.9 Å². The van der Waals surface area contributed by atoms with Crippen LogP contribution in [0.4, 0.5) is 0 Å². The van der Waals surface area contributed by atoms with Crippen LogP contribution in [0, 0.1) is 0 Å². The van der Waals surface area contributed by atoms with Crippen LogP contribution in [-0.2, 0) is 19.5 Å².